The van der Waals surface area contributed by atoms with Crippen molar-refractivity contribution in [2.45, 2.75) is 24.8 Å². The number of benzene rings is 3. The third-order valence-corrected chi connectivity index (χ3v) is 5.10. The van der Waals surface area contributed by atoms with E-state index in [9.17, 15) is 0 Å². The molecule has 0 aromatic heterocycles. The van der Waals surface area contributed by atoms with Gasteiger partial charge in [0.15, 0.2) is 0 Å². The summed E-state index contributed by atoms with van der Waals surface area (Å²) in [5, 5.41) is 3.45. The largest absolute Gasteiger partial charge is 0.457 e. The van der Waals surface area contributed by atoms with E-state index in [2.05, 4.69) is 60.9 Å². The van der Waals surface area contributed by atoms with Crippen LogP contribution in [0.3, 0.4) is 0 Å². The topological polar surface area (TPSA) is 21.3 Å². The molecule has 0 amide bonds. The van der Waals surface area contributed by atoms with Crippen LogP contribution < -0.4 is 10.1 Å². The average molecular weight is 366 g/mol. The lowest BCUT2D eigenvalue weighted by atomic mass is 9.77. The standard InChI is InChI=1S/C23H23NO.ClH/c1-24-23-16-15-20(21-9-5-6-10-22(21)23)17-11-13-19(14-12-17)25-18-7-3-2-4-8-18;/h2-14,20,23-24H,15-16H2,1H3;1H/t20-,23-;/m0./s1. The number of rotatable bonds is 4. The molecule has 26 heavy (non-hydrogen) atoms. The highest BCUT2D eigenvalue weighted by molar-refractivity contribution is 5.85. The quantitative estimate of drug-likeness (QED) is 0.604. The first-order chi connectivity index (χ1) is 12.3. The fraction of sp³-hybridized carbons (Fsp3) is 0.217. The molecule has 2 atom stereocenters. The normalized spacial score (nSPS) is 18.5. The number of fused-ring (bicyclic) bond motifs is 1. The van der Waals surface area contributed by atoms with Gasteiger partial charge in [-0.15, -0.1) is 12.4 Å². The lowest BCUT2D eigenvalue weighted by Crippen LogP contribution is -2.24. The van der Waals surface area contributed by atoms with Crippen molar-refractivity contribution < 1.29 is 4.74 Å². The number of hydrogen-bond acceptors (Lipinski definition) is 2. The molecule has 0 unspecified atom stereocenters. The molecule has 1 N–H and O–H groups in total. The third-order valence-electron chi connectivity index (χ3n) is 5.10. The number of nitrogens with one attached hydrogen (secondary N) is 1. The van der Waals surface area contributed by atoms with E-state index in [-0.39, 0.29) is 12.4 Å². The second-order valence-corrected chi connectivity index (χ2v) is 6.58. The Morgan fingerprint density at radius 2 is 1.35 bits per heavy atom. The molecular formula is C23H24ClNO. The Morgan fingerprint density at radius 3 is 2.04 bits per heavy atom. The first-order valence-corrected chi connectivity index (χ1v) is 8.94. The number of para-hydroxylation sites is 1. The highest BCUT2D eigenvalue weighted by Crippen LogP contribution is 2.41. The molecule has 0 radical (unpaired) electrons. The number of ether oxygens (including phenoxy) is 1. The Morgan fingerprint density at radius 1 is 0.731 bits per heavy atom. The molecule has 0 saturated heterocycles. The van der Waals surface area contributed by atoms with E-state index in [0.717, 1.165) is 11.5 Å². The lowest BCUT2D eigenvalue weighted by Gasteiger charge is -2.31. The van der Waals surface area contributed by atoms with Gasteiger partial charge in [-0.2, -0.15) is 0 Å². The molecule has 0 bridgehead atoms. The summed E-state index contributed by atoms with van der Waals surface area (Å²) in [6, 6.07) is 27.8. The second kappa shape index (κ2) is 8.39. The lowest BCUT2D eigenvalue weighted by molar-refractivity contribution is 0.468. The Kier molecular flexibility index (Phi) is 5.97. The van der Waals surface area contributed by atoms with Gasteiger partial charge >= 0.3 is 0 Å². The van der Waals surface area contributed by atoms with E-state index in [0.29, 0.717) is 12.0 Å². The average Bonchev–Trinajstić information content (AvgIpc) is 2.69. The minimum Gasteiger partial charge on any atom is -0.457 e. The maximum atomic E-state index is 5.91. The van der Waals surface area contributed by atoms with Crippen LogP contribution in [0.15, 0.2) is 78.9 Å². The van der Waals surface area contributed by atoms with Gasteiger partial charge in [-0.3, -0.25) is 0 Å². The fourth-order valence-electron chi connectivity index (χ4n) is 3.83. The van der Waals surface area contributed by atoms with Gasteiger partial charge < -0.3 is 10.1 Å². The van der Waals surface area contributed by atoms with Gasteiger partial charge in [0.05, 0.1) is 0 Å². The van der Waals surface area contributed by atoms with E-state index in [4.69, 9.17) is 4.74 Å². The monoisotopic (exact) mass is 365 g/mol. The molecular weight excluding hydrogens is 342 g/mol. The summed E-state index contributed by atoms with van der Waals surface area (Å²) in [6.45, 7) is 0. The maximum Gasteiger partial charge on any atom is 0.127 e. The van der Waals surface area contributed by atoms with Crippen molar-refractivity contribution in [1.82, 2.24) is 5.32 Å². The molecule has 3 heteroatoms. The first-order valence-electron chi connectivity index (χ1n) is 8.94. The zero-order valence-electron chi connectivity index (χ0n) is 14.9. The van der Waals surface area contributed by atoms with Crippen molar-refractivity contribution in [1.29, 1.82) is 0 Å². The Bertz CT molecular complexity index is 832. The number of hydrogen-bond donors (Lipinski definition) is 1. The third kappa shape index (κ3) is 3.77. The van der Waals surface area contributed by atoms with E-state index in [1.807, 2.05) is 30.3 Å². The Balaban J connectivity index is 0.00000196. The zero-order valence-corrected chi connectivity index (χ0v) is 15.7. The summed E-state index contributed by atoms with van der Waals surface area (Å²) in [5.74, 6) is 2.22. The number of halogens is 1. The highest BCUT2D eigenvalue weighted by Gasteiger charge is 2.26. The molecule has 0 heterocycles. The summed E-state index contributed by atoms with van der Waals surface area (Å²) in [4.78, 5) is 0. The predicted molar refractivity (Wildman–Crippen MR) is 110 cm³/mol. The highest BCUT2D eigenvalue weighted by atomic mass is 35.5. The van der Waals surface area contributed by atoms with Crippen LogP contribution in [-0.4, -0.2) is 7.05 Å². The SMILES string of the molecule is CN[C@H]1CC[C@@H](c2ccc(Oc3ccccc3)cc2)c2ccccc21.Cl. The molecule has 2 nitrogen and oxygen atoms in total. The Labute approximate surface area is 161 Å². The fourth-order valence-corrected chi connectivity index (χ4v) is 3.83. The van der Waals surface area contributed by atoms with Gasteiger partial charge in [0.2, 0.25) is 0 Å². The van der Waals surface area contributed by atoms with Gasteiger partial charge in [0.1, 0.15) is 11.5 Å². The van der Waals surface area contributed by atoms with Gasteiger partial charge in [0.25, 0.3) is 0 Å². The van der Waals surface area contributed by atoms with E-state index >= 15 is 0 Å². The van der Waals surface area contributed by atoms with Crippen LogP contribution in [0, 0.1) is 0 Å². The van der Waals surface area contributed by atoms with Crippen LogP contribution in [0.5, 0.6) is 11.5 Å². The van der Waals surface area contributed by atoms with Crippen molar-refractivity contribution in [3.63, 3.8) is 0 Å². The molecule has 1 aliphatic carbocycles. The molecule has 0 spiro atoms. The van der Waals surface area contributed by atoms with Gasteiger partial charge in [-0.05, 0) is 60.8 Å². The van der Waals surface area contributed by atoms with Crippen molar-refractivity contribution in [3.05, 3.63) is 95.6 Å². The summed E-state index contributed by atoms with van der Waals surface area (Å²) in [7, 11) is 2.05. The summed E-state index contributed by atoms with van der Waals surface area (Å²) < 4.78 is 5.91. The van der Waals surface area contributed by atoms with Crippen LogP contribution >= 0.6 is 12.4 Å². The molecule has 4 rings (SSSR count). The van der Waals surface area contributed by atoms with Crippen molar-refractivity contribution in [2.24, 2.45) is 0 Å². The van der Waals surface area contributed by atoms with E-state index in [1.165, 1.54) is 29.5 Å². The van der Waals surface area contributed by atoms with Crippen LogP contribution in [0.4, 0.5) is 0 Å². The smallest absolute Gasteiger partial charge is 0.127 e. The van der Waals surface area contributed by atoms with Crippen LogP contribution in [0.25, 0.3) is 0 Å². The molecule has 134 valence electrons. The molecule has 1 aliphatic rings. The van der Waals surface area contributed by atoms with Gasteiger partial charge in [-0.1, -0.05) is 54.6 Å². The summed E-state index contributed by atoms with van der Waals surface area (Å²) in [6.07, 6.45) is 2.34. The summed E-state index contributed by atoms with van der Waals surface area (Å²) >= 11 is 0. The van der Waals surface area contributed by atoms with Crippen LogP contribution in [-0.2, 0) is 0 Å². The second-order valence-electron chi connectivity index (χ2n) is 6.58. The minimum atomic E-state index is 0. The van der Waals surface area contributed by atoms with Crippen molar-refractivity contribution in [2.75, 3.05) is 7.05 Å². The first kappa shape index (κ1) is 18.5. The zero-order chi connectivity index (χ0) is 17.1. The van der Waals surface area contributed by atoms with Crippen LogP contribution in [0.2, 0.25) is 0 Å². The molecule has 3 aromatic rings. The molecule has 3 aromatic carbocycles. The predicted octanol–water partition coefficient (Wildman–Crippen LogP) is 6.09. The van der Waals surface area contributed by atoms with Gasteiger partial charge in [-0.25, -0.2) is 0 Å². The van der Waals surface area contributed by atoms with E-state index in [1.54, 1.807) is 0 Å². The molecule has 0 fully saturated rings. The molecule has 0 saturated carbocycles. The van der Waals surface area contributed by atoms with Crippen LogP contribution in [0.1, 0.15) is 41.5 Å². The summed E-state index contributed by atoms with van der Waals surface area (Å²) in [5.41, 5.74) is 4.25. The van der Waals surface area contributed by atoms with Crippen molar-refractivity contribution >= 4 is 12.4 Å². The maximum absolute atomic E-state index is 5.91. The molecule has 0 aliphatic heterocycles. The Hall–Kier alpha value is -2.29. The van der Waals surface area contributed by atoms with E-state index < -0.39 is 0 Å². The van der Waals surface area contributed by atoms with Crippen molar-refractivity contribution in [3.8, 4) is 11.5 Å². The minimum absolute atomic E-state index is 0. The van der Waals surface area contributed by atoms with Gasteiger partial charge in [0, 0.05) is 12.0 Å².